The molecule has 2 unspecified atom stereocenters. The lowest BCUT2D eigenvalue weighted by Crippen LogP contribution is -2.50. The fraction of sp³-hybridized carbons (Fsp3) is 0.806. The van der Waals surface area contributed by atoms with E-state index in [9.17, 15) is 19.2 Å². The van der Waals surface area contributed by atoms with Crippen molar-refractivity contribution in [2.24, 2.45) is 0 Å². The van der Waals surface area contributed by atoms with Crippen LogP contribution in [0.1, 0.15) is 5.69 Å². The van der Waals surface area contributed by atoms with Crippen molar-refractivity contribution in [3.05, 3.63) is 32.6 Å². The Kier molecular flexibility index (Phi) is 13.8. The first-order valence-corrected chi connectivity index (χ1v) is 16.7. The first kappa shape index (κ1) is 35.6. The molecule has 0 N–H and O–H groups in total. The summed E-state index contributed by atoms with van der Waals surface area (Å²) in [7, 11) is 0. The summed E-state index contributed by atoms with van der Waals surface area (Å²) < 4.78 is 36.3. The third-order valence-electron chi connectivity index (χ3n) is 8.90. The smallest absolute Gasteiger partial charge is 0.331 e. The Hall–Kier alpha value is -2.70. The second kappa shape index (κ2) is 18.2. The monoisotopic (exact) mass is 666 g/mol. The van der Waals surface area contributed by atoms with Gasteiger partial charge in [0.05, 0.1) is 79.0 Å². The molecular formula is C31H50N6O10. The fourth-order valence-electron chi connectivity index (χ4n) is 6.26. The molecule has 0 aromatic carbocycles. The zero-order chi connectivity index (χ0) is 33.0. The summed E-state index contributed by atoms with van der Waals surface area (Å²) in [5.74, 6) is -0.787. The molecule has 0 aliphatic carbocycles. The molecule has 1 aromatic heterocycles. The van der Waals surface area contributed by atoms with Gasteiger partial charge in [0.2, 0.25) is 0 Å². The number of rotatable bonds is 14. The van der Waals surface area contributed by atoms with Crippen molar-refractivity contribution < 1.29 is 38.0 Å². The van der Waals surface area contributed by atoms with Crippen LogP contribution in [-0.4, -0.2) is 184 Å². The molecule has 0 bridgehead atoms. The van der Waals surface area contributed by atoms with Gasteiger partial charge in [0, 0.05) is 77.2 Å². The van der Waals surface area contributed by atoms with Crippen LogP contribution in [0.5, 0.6) is 0 Å². The molecule has 1 aromatic rings. The molecule has 16 heteroatoms. The van der Waals surface area contributed by atoms with E-state index in [1.165, 1.54) is 10.6 Å². The van der Waals surface area contributed by atoms with Gasteiger partial charge in [-0.25, -0.2) is 4.79 Å². The molecule has 16 nitrogen and oxygen atoms in total. The van der Waals surface area contributed by atoms with Crippen LogP contribution in [0.15, 0.2) is 15.7 Å². The van der Waals surface area contributed by atoms with Crippen molar-refractivity contribution in [2.45, 2.75) is 32.2 Å². The zero-order valence-electron chi connectivity index (χ0n) is 27.6. The molecule has 0 amide bonds. The van der Waals surface area contributed by atoms with E-state index in [1.54, 1.807) is 6.92 Å². The average molecular weight is 667 g/mol. The number of esters is 2. The number of nitrogens with zero attached hydrogens (tertiary/aromatic N) is 6. The number of hydrogen-bond donors (Lipinski definition) is 0. The van der Waals surface area contributed by atoms with E-state index in [4.69, 9.17) is 28.4 Å². The Balaban J connectivity index is 1.32. The minimum Gasteiger partial charge on any atom is -0.458 e. The summed E-state index contributed by atoms with van der Waals surface area (Å²) in [6, 6.07) is 1.41. The first-order chi connectivity index (χ1) is 22.8. The van der Waals surface area contributed by atoms with E-state index >= 15 is 0 Å². The van der Waals surface area contributed by atoms with E-state index in [0.717, 1.165) is 4.57 Å². The van der Waals surface area contributed by atoms with Crippen molar-refractivity contribution in [3.63, 3.8) is 0 Å². The van der Waals surface area contributed by atoms with Crippen LogP contribution >= 0.6 is 0 Å². The maximum absolute atomic E-state index is 14.0. The number of aromatic nitrogens is 2. The van der Waals surface area contributed by atoms with Crippen molar-refractivity contribution in [1.82, 2.24) is 28.7 Å². The van der Waals surface area contributed by atoms with Crippen LogP contribution in [0.4, 0.5) is 0 Å². The van der Waals surface area contributed by atoms with E-state index < -0.39 is 29.4 Å². The van der Waals surface area contributed by atoms with Crippen LogP contribution in [0, 0.1) is 6.92 Å². The first-order valence-electron chi connectivity index (χ1n) is 16.7. The largest absolute Gasteiger partial charge is 0.458 e. The molecule has 0 radical (unpaired) electrons. The van der Waals surface area contributed by atoms with Crippen molar-refractivity contribution in [1.29, 1.82) is 0 Å². The maximum Gasteiger partial charge on any atom is 0.331 e. The Morgan fingerprint density at radius 1 is 0.596 bits per heavy atom. The lowest BCUT2D eigenvalue weighted by atomic mass is 10.2. The van der Waals surface area contributed by atoms with E-state index in [0.29, 0.717) is 124 Å². The summed E-state index contributed by atoms with van der Waals surface area (Å²) in [5, 5.41) is 0. The van der Waals surface area contributed by atoms with Crippen molar-refractivity contribution >= 4 is 11.9 Å². The molecule has 4 aliphatic rings. The van der Waals surface area contributed by atoms with Crippen LogP contribution in [0.2, 0.25) is 0 Å². The molecule has 4 saturated heterocycles. The van der Waals surface area contributed by atoms with Crippen LogP contribution in [-0.2, 0) is 51.1 Å². The summed E-state index contributed by atoms with van der Waals surface area (Å²) in [5.41, 5.74) is -0.557. The fourth-order valence-corrected chi connectivity index (χ4v) is 6.26. The lowest BCUT2D eigenvalue weighted by molar-refractivity contribution is -0.154. The van der Waals surface area contributed by atoms with Crippen LogP contribution < -0.4 is 11.2 Å². The molecule has 2 atom stereocenters. The highest BCUT2D eigenvalue weighted by atomic mass is 16.6. The van der Waals surface area contributed by atoms with Gasteiger partial charge >= 0.3 is 17.6 Å². The third-order valence-corrected chi connectivity index (χ3v) is 8.90. The number of carbonyl (C=O) groups is 2. The van der Waals surface area contributed by atoms with Gasteiger partial charge < -0.3 is 28.4 Å². The topological polar surface area (TPSA) is 146 Å². The minimum absolute atomic E-state index is 0.0715. The molecule has 47 heavy (non-hydrogen) atoms. The normalized spacial score (nSPS) is 22.1. The van der Waals surface area contributed by atoms with Gasteiger partial charge in [0.15, 0.2) is 0 Å². The number of aryl methyl sites for hydroxylation is 1. The highest BCUT2D eigenvalue weighted by molar-refractivity contribution is 5.72. The molecule has 0 spiro atoms. The van der Waals surface area contributed by atoms with Gasteiger partial charge in [-0.2, -0.15) is 0 Å². The minimum atomic E-state index is -0.737. The lowest BCUT2D eigenvalue weighted by Gasteiger charge is -2.32. The Morgan fingerprint density at radius 2 is 0.957 bits per heavy atom. The molecule has 4 aliphatic heterocycles. The number of carbonyl (C=O) groups excluding carboxylic acids is 2. The molecule has 264 valence electrons. The maximum atomic E-state index is 14.0. The van der Waals surface area contributed by atoms with Crippen LogP contribution in [0.3, 0.4) is 0 Å². The van der Waals surface area contributed by atoms with Gasteiger partial charge in [-0.3, -0.25) is 43.1 Å². The molecular weight excluding hydrogens is 616 g/mol. The second-order valence-corrected chi connectivity index (χ2v) is 12.5. The standard InChI is InChI=1S/C31H50N6O10/c1-25-18-28(38)37(22-27(20-33-4-12-43-13-5-33)47-30(40)24-35-8-16-45-17-9-35)31(41)36(25)21-26(19-32-2-10-42-11-3-32)46-29(39)23-34-6-14-44-15-7-34/h18,26-27H,2-17,19-24H2,1H3. The predicted octanol–water partition coefficient (Wildman–Crippen LogP) is -2.53. The number of morpholine rings is 4. The van der Waals surface area contributed by atoms with Gasteiger partial charge in [-0.15, -0.1) is 0 Å². The van der Waals surface area contributed by atoms with Gasteiger partial charge in [0.25, 0.3) is 5.56 Å². The van der Waals surface area contributed by atoms with E-state index in [2.05, 4.69) is 9.80 Å². The number of ether oxygens (including phenoxy) is 6. The molecule has 5 rings (SSSR count). The number of hydrogen-bond acceptors (Lipinski definition) is 14. The van der Waals surface area contributed by atoms with Crippen molar-refractivity contribution in [3.8, 4) is 0 Å². The second-order valence-electron chi connectivity index (χ2n) is 12.5. The molecule has 0 saturated carbocycles. The molecule has 4 fully saturated rings. The predicted molar refractivity (Wildman–Crippen MR) is 168 cm³/mol. The van der Waals surface area contributed by atoms with Gasteiger partial charge in [0.1, 0.15) is 12.2 Å². The van der Waals surface area contributed by atoms with Gasteiger partial charge in [-0.05, 0) is 6.92 Å². The highest BCUT2D eigenvalue weighted by Crippen LogP contribution is 2.09. The summed E-state index contributed by atoms with van der Waals surface area (Å²) in [4.78, 5) is 61.6. The zero-order valence-corrected chi connectivity index (χ0v) is 27.6. The Bertz CT molecular complexity index is 1270. The summed E-state index contributed by atoms with van der Waals surface area (Å²) in [6.07, 6.45) is -1.38. The Labute approximate surface area is 274 Å². The van der Waals surface area contributed by atoms with E-state index in [-0.39, 0.29) is 32.1 Å². The third kappa shape index (κ3) is 11.2. The van der Waals surface area contributed by atoms with Gasteiger partial charge in [-0.1, -0.05) is 0 Å². The SMILES string of the molecule is Cc1cc(=O)n(CC(CN2CCOCC2)OC(=O)CN2CCOCC2)c(=O)n1CC(CN1CCOCC1)OC(=O)CN1CCOCC1. The molecule has 5 heterocycles. The average Bonchev–Trinajstić information content (AvgIpc) is 3.06. The quantitative estimate of drug-likeness (QED) is 0.192. The van der Waals surface area contributed by atoms with Crippen molar-refractivity contribution in [2.75, 3.05) is 131 Å². The summed E-state index contributed by atoms with van der Waals surface area (Å²) in [6.45, 7) is 12.4. The summed E-state index contributed by atoms with van der Waals surface area (Å²) >= 11 is 0. The highest BCUT2D eigenvalue weighted by Gasteiger charge is 2.27. The Morgan fingerprint density at radius 3 is 1.36 bits per heavy atom. The van der Waals surface area contributed by atoms with Crippen LogP contribution in [0.25, 0.3) is 0 Å². The van der Waals surface area contributed by atoms with E-state index in [1.807, 2.05) is 9.80 Å².